The predicted molar refractivity (Wildman–Crippen MR) is 93.2 cm³/mol. The maximum Gasteiger partial charge on any atom is 0.248 e. The lowest BCUT2D eigenvalue weighted by molar-refractivity contribution is -0.134. The summed E-state index contributed by atoms with van der Waals surface area (Å²) in [5.41, 5.74) is 0.148. The summed E-state index contributed by atoms with van der Waals surface area (Å²) in [6.45, 7) is 6.94. The van der Waals surface area contributed by atoms with Gasteiger partial charge in [-0.05, 0) is 44.9 Å². The van der Waals surface area contributed by atoms with E-state index in [1.165, 1.54) is 6.92 Å². The second-order valence-corrected chi connectivity index (χ2v) is 6.29. The van der Waals surface area contributed by atoms with Crippen molar-refractivity contribution in [3.8, 4) is 0 Å². The highest BCUT2D eigenvalue weighted by Gasteiger charge is 2.21. The molecule has 0 aromatic heterocycles. The molecule has 8 heteroatoms. The van der Waals surface area contributed by atoms with E-state index in [-0.39, 0.29) is 18.0 Å². The van der Waals surface area contributed by atoms with Crippen molar-refractivity contribution >= 4 is 17.7 Å². The SMILES string of the molecule is CC[C@@H](C)N[C@@H](C)C(=O)NC(=O)[C@H](C)NC(=O)Cc1cc(F)cc(F)c1. The van der Waals surface area contributed by atoms with Crippen molar-refractivity contribution in [1.82, 2.24) is 16.0 Å². The van der Waals surface area contributed by atoms with Crippen LogP contribution in [0.5, 0.6) is 0 Å². The molecule has 0 bridgehead atoms. The largest absolute Gasteiger partial charge is 0.344 e. The normalized spacial score (nSPS) is 14.2. The topological polar surface area (TPSA) is 87.3 Å². The number of carbonyl (C=O) groups excluding carboxylic acids is 3. The Morgan fingerprint density at radius 2 is 1.50 bits per heavy atom. The van der Waals surface area contributed by atoms with Crippen LogP contribution < -0.4 is 16.0 Å². The van der Waals surface area contributed by atoms with E-state index in [4.69, 9.17) is 0 Å². The minimum atomic E-state index is -0.972. The fourth-order valence-corrected chi connectivity index (χ4v) is 2.21. The molecule has 0 fully saturated rings. The third-order valence-electron chi connectivity index (χ3n) is 3.84. The van der Waals surface area contributed by atoms with Gasteiger partial charge in [0.2, 0.25) is 17.7 Å². The molecule has 144 valence electrons. The second kappa shape index (κ2) is 9.96. The number of amides is 3. The van der Waals surface area contributed by atoms with Gasteiger partial charge in [-0.15, -0.1) is 0 Å². The van der Waals surface area contributed by atoms with Gasteiger partial charge in [-0.1, -0.05) is 6.92 Å². The third-order valence-corrected chi connectivity index (χ3v) is 3.84. The number of carbonyl (C=O) groups is 3. The lowest BCUT2D eigenvalue weighted by Crippen LogP contribution is -2.52. The molecular formula is C18H25F2N3O3. The lowest BCUT2D eigenvalue weighted by Gasteiger charge is -2.19. The zero-order chi connectivity index (χ0) is 19.9. The summed E-state index contributed by atoms with van der Waals surface area (Å²) in [6, 6.07) is 1.37. The molecule has 0 aliphatic heterocycles. The second-order valence-electron chi connectivity index (χ2n) is 6.29. The quantitative estimate of drug-likeness (QED) is 0.647. The van der Waals surface area contributed by atoms with E-state index in [1.807, 2.05) is 13.8 Å². The van der Waals surface area contributed by atoms with Crippen LogP contribution in [-0.2, 0) is 20.8 Å². The Bertz CT molecular complexity index is 647. The molecule has 3 atom stereocenters. The molecule has 0 aliphatic rings. The number of nitrogens with one attached hydrogen (secondary N) is 3. The average Bonchev–Trinajstić information content (AvgIpc) is 2.53. The summed E-state index contributed by atoms with van der Waals surface area (Å²) < 4.78 is 26.2. The minimum absolute atomic E-state index is 0.120. The number of hydrogen-bond acceptors (Lipinski definition) is 4. The minimum Gasteiger partial charge on any atom is -0.344 e. The lowest BCUT2D eigenvalue weighted by atomic mass is 10.1. The van der Waals surface area contributed by atoms with Crippen LogP contribution in [0.4, 0.5) is 8.78 Å². The van der Waals surface area contributed by atoms with Gasteiger partial charge in [-0.25, -0.2) is 8.78 Å². The smallest absolute Gasteiger partial charge is 0.248 e. The first kappa shape index (κ1) is 21.7. The van der Waals surface area contributed by atoms with Crippen LogP contribution in [0.25, 0.3) is 0 Å². The zero-order valence-electron chi connectivity index (χ0n) is 15.4. The molecule has 1 aromatic carbocycles. The maximum atomic E-state index is 13.1. The fourth-order valence-electron chi connectivity index (χ4n) is 2.21. The molecule has 1 aromatic rings. The highest BCUT2D eigenvalue weighted by Crippen LogP contribution is 2.08. The summed E-state index contributed by atoms with van der Waals surface area (Å²) >= 11 is 0. The summed E-state index contributed by atoms with van der Waals surface area (Å²) in [5, 5.41) is 7.65. The van der Waals surface area contributed by atoms with Crippen LogP contribution in [0, 0.1) is 11.6 Å². The number of halogens is 2. The van der Waals surface area contributed by atoms with Crippen molar-refractivity contribution in [3.63, 3.8) is 0 Å². The fraction of sp³-hybridized carbons (Fsp3) is 0.500. The summed E-state index contributed by atoms with van der Waals surface area (Å²) in [6.07, 6.45) is 0.547. The molecule has 0 saturated carbocycles. The van der Waals surface area contributed by atoms with Gasteiger partial charge < -0.3 is 10.6 Å². The molecule has 0 heterocycles. The Hall–Kier alpha value is -2.35. The van der Waals surface area contributed by atoms with Gasteiger partial charge in [-0.2, -0.15) is 0 Å². The Kier molecular flexibility index (Phi) is 8.31. The average molecular weight is 369 g/mol. The molecular weight excluding hydrogens is 344 g/mol. The van der Waals surface area contributed by atoms with Gasteiger partial charge in [0.15, 0.2) is 0 Å². The van der Waals surface area contributed by atoms with Crippen molar-refractivity contribution in [2.45, 2.75) is 58.7 Å². The first-order chi connectivity index (χ1) is 12.1. The van der Waals surface area contributed by atoms with Crippen LogP contribution in [0.15, 0.2) is 18.2 Å². The molecule has 3 N–H and O–H groups in total. The molecule has 0 unspecified atom stereocenters. The standard InChI is InChI=1S/C18H25F2N3O3/c1-5-10(2)21-11(3)17(25)23-18(26)12(4)22-16(24)8-13-6-14(19)9-15(20)7-13/h6-7,9-12,21H,5,8H2,1-4H3,(H,22,24)(H,23,25,26)/t10-,11+,12+/m1/s1. The van der Waals surface area contributed by atoms with E-state index in [0.717, 1.165) is 18.6 Å². The number of imide groups is 1. The van der Waals surface area contributed by atoms with Gasteiger partial charge in [0.1, 0.15) is 17.7 Å². The summed E-state index contributed by atoms with van der Waals surface area (Å²) in [4.78, 5) is 35.9. The van der Waals surface area contributed by atoms with Crippen LogP contribution in [-0.4, -0.2) is 35.8 Å². The van der Waals surface area contributed by atoms with Crippen LogP contribution in [0.1, 0.15) is 39.7 Å². The van der Waals surface area contributed by atoms with Gasteiger partial charge in [-0.3, -0.25) is 19.7 Å². The van der Waals surface area contributed by atoms with E-state index in [1.54, 1.807) is 6.92 Å². The van der Waals surface area contributed by atoms with E-state index in [0.29, 0.717) is 6.07 Å². The van der Waals surface area contributed by atoms with Crippen LogP contribution in [0.2, 0.25) is 0 Å². The van der Waals surface area contributed by atoms with Crippen molar-refractivity contribution < 1.29 is 23.2 Å². The monoisotopic (exact) mass is 369 g/mol. The van der Waals surface area contributed by atoms with Crippen LogP contribution in [0.3, 0.4) is 0 Å². The maximum absolute atomic E-state index is 13.1. The van der Waals surface area contributed by atoms with Crippen LogP contribution >= 0.6 is 0 Å². The summed E-state index contributed by atoms with van der Waals surface area (Å²) in [7, 11) is 0. The molecule has 26 heavy (non-hydrogen) atoms. The molecule has 1 rings (SSSR count). The Morgan fingerprint density at radius 1 is 0.962 bits per heavy atom. The van der Waals surface area contributed by atoms with Crippen molar-refractivity contribution in [2.24, 2.45) is 0 Å². The third kappa shape index (κ3) is 7.26. The first-order valence-electron chi connectivity index (χ1n) is 8.47. The van der Waals surface area contributed by atoms with Crippen molar-refractivity contribution in [2.75, 3.05) is 0 Å². The number of rotatable bonds is 8. The number of hydrogen-bond donors (Lipinski definition) is 3. The molecule has 3 amide bonds. The van der Waals surface area contributed by atoms with E-state index >= 15 is 0 Å². The van der Waals surface area contributed by atoms with E-state index in [9.17, 15) is 23.2 Å². The Morgan fingerprint density at radius 3 is 2.04 bits per heavy atom. The zero-order valence-corrected chi connectivity index (χ0v) is 15.4. The highest BCUT2D eigenvalue weighted by atomic mass is 19.1. The van der Waals surface area contributed by atoms with Gasteiger partial charge in [0.25, 0.3) is 0 Å². The predicted octanol–water partition coefficient (Wildman–Crippen LogP) is 1.43. The van der Waals surface area contributed by atoms with Crippen molar-refractivity contribution in [3.05, 3.63) is 35.4 Å². The first-order valence-corrected chi connectivity index (χ1v) is 8.47. The molecule has 0 aliphatic carbocycles. The van der Waals surface area contributed by atoms with Gasteiger partial charge >= 0.3 is 0 Å². The number of benzene rings is 1. The molecule has 0 radical (unpaired) electrons. The Balaban J connectivity index is 2.52. The van der Waals surface area contributed by atoms with Gasteiger partial charge in [0.05, 0.1) is 12.5 Å². The highest BCUT2D eigenvalue weighted by molar-refractivity contribution is 6.00. The molecule has 0 spiro atoms. The molecule has 0 saturated heterocycles. The summed E-state index contributed by atoms with van der Waals surface area (Å²) in [5.74, 6) is -3.31. The van der Waals surface area contributed by atoms with E-state index < -0.39 is 41.4 Å². The van der Waals surface area contributed by atoms with E-state index in [2.05, 4.69) is 16.0 Å². The van der Waals surface area contributed by atoms with Crippen molar-refractivity contribution in [1.29, 1.82) is 0 Å². The van der Waals surface area contributed by atoms with Gasteiger partial charge in [0, 0.05) is 12.1 Å². The Labute approximate surface area is 151 Å². The molecule has 6 nitrogen and oxygen atoms in total.